The average Bonchev–Trinajstić information content (AvgIpc) is 2.49. The molecule has 0 bridgehead atoms. The van der Waals surface area contributed by atoms with E-state index in [2.05, 4.69) is 5.32 Å². The number of nitrogens with one attached hydrogen (secondary N) is 1. The van der Waals surface area contributed by atoms with Gasteiger partial charge >= 0.3 is 12.1 Å². The number of aromatic hydroxyl groups is 1. The number of amides is 1. The van der Waals surface area contributed by atoms with Crippen molar-refractivity contribution in [3.8, 4) is 17.2 Å². The van der Waals surface area contributed by atoms with E-state index in [1.54, 1.807) is 34.6 Å². The minimum Gasteiger partial charge on any atom is -0.504 e. The van der Waals surface area contributed by atoms with Gasteiger partial charge in [0.2, 0.25) is 0 Å². The van der Waals surface area contributed by atoms with Gasteiger partial charge in [-0.2, -0.15) is 0 Å². The number of phenolic OH excluding ortho intramolecular Hbond substituents is 1. The smallest absolute Gasteiger partial charge is 0.408 e. The van der Waals surface area contributed by atoms with Crippen molar-refractivity contribution in [2.24, 2.45) is 0 Å². The van der Waals surface area contributed by atoms with Gasteiger partial charge in [-0.25, -0.2) is 9.59 Å². The summed E-state index contributed by atoms with van der Waals surface area (Å²) in [6.07, 6.45) is -1.02. The van der Waals surface area contributed by atoms with Gasteiger partial charge in [0.1, 0.15) is 17.4 Å². The molecule has 0 fully saturated rings. The lowest BCUT2D eigenvalue weighted by molar-refractivity contribution is -0.139. The second kappa shape index (κ2) is 8.16. The Labute approximate surface area is 153 Å². The summed E-state index contributed by atoms with van der Waals surface area (Å²) in [5.41, 5.74) is 0.718. The fraction of sp³-hybridized carbons (Fsp3) is 0.556. The molecule has 1 amide bonds. The van der Waals surface area contributed by atoms with E-state index in [0.717, 1.165) is 0 Å². The van der Waals surface area contributed by atoms with Crippen LogP contribution in [0.3, 0.4) is 0 Å². The highest BCUT2D eigenvalue weighted by molar-refractivity contribution is 5.81. The summed E-state index contributed by atoms with van der Waals surface area (Å²) in [4.78, 5) is 23.5. The highest BCUT2D eigenvalue weighted by atomic mass is 16.6. The Morgan fingerprint density at radius 2 is 1.62 bits per heavy atom. The van der Waals surface area contributed by atoms with Gasteiger partial charge in [-0.1, -0.05) is 0 Å². The molecule has 26 heavy (non-hydrogen) atoms. The van der Waals surface area contributed by atoms with Crippen molar-refractivity contribution < 1.29 is 34.0 Å². The predicted molar refractivity (Wildman–Crippen MR) is 95.2 cm³/mol. The number of ether oxygens (including phenoxy) is 3. The van der Waals surface area contributed by atoms with Crippen molar-refractivity contribution >= 4 is 12.1 Å². The Morgan fingerprint density at radius 1 is 1.08 bits per heavy atom. The molecule has 0 spiro atoms. The third kappa shape index (κ3) is 4.93. The topological polar surface area (TPSA) is 114 Å². The standard InChI is InChI=1S/C18H27NO7/c1-9-11(13(20)15(25-7)10(2)14(9)24-6)8-12(16(21)22)19-17(23)26-18(3,4)5/h12,20H,8H2,1-7H3,(H,19,23)(H,21,22). The molecule has 3 N–H and O–H groups in total. The molecule has 1 rings (SSSR count). The summed E-state index contributed by atoms with van der Waals surface area (Å²) in [5.74, 6) is -0.756. The summed E-state index contributed by atoms with van der Waals surface area (Å²) in [6.45, 7) is 8.45. The number of carboxylic acids is 1. The maximum absolute atomic E-state index is 11.9. The second-order valence-corrected chi connectivity index (χ2v) is 6.88. The molecular formula is C18H27NO7. The number of methoxy groups -OCH3 is 2. The van der Waals surface area contributed by atoms with Crippen LogP contribution >= 0.6 is 0 Å². The number of rotatable bonds is 6. The molecule has 146 valence electrons. The monoisotopic (exact) mass is 369 g/mol. The van der Waals surface area contributed by atoms with Gasteiger partial charge in [0.25, 0.3) is 0 Å². The van der Waals surface area contributed by atoms with Crippen LogP contribution in [0.5, 0.6) is 17.2 Å². The van der Waals surface area contributed by atoms with Gasteiger partial charge in [-0.3, -0.25) is 0 Å². The Kier molecular flexibility index (Phi) is 6.72. The van der Waals surface area contributed by atoms with E-state index in [4.69, 9.17) is 14.2 Å². The molecule has 8 heteroatoms. The fourth-order valence-corrected chi connectivity index (χ4v) is 2.67. The Morgan fingerprint density at radius 3 is 2.04 bits per heavy atom. The van der Waals surface area contributed by atoms with Crippen LogP contribution in [0.1, 0.15) is 37.5 Å². The number of carboxylic acid groups (broad SMARTS) is 1. The molecule has 0 radical (unpaired) electrons. The molecule has 0 saturated carbocycles. The first-order valence-electron chi connectivity index (χ1n) is 8.08. The van der Waals surface area contributed by atoms with E-state index in [9.17, 15) is 19.8 Å². The Hall–Kier alpha value is -2.64. The number of carbonyl (C=O) groups excluding carboxylic acids is 1. The number of carbonyl (C=O) groups is 2. The van der Waals surface area contributed by atoms with Gasteiger partial charge in [0.05, 0.1) is 14.2 Å². The van der Waals surface area contributed by atoms with Crippen molar-refractivity contribution in [1.29, 1.82) is 0 Å². The highest BCUT2D eigenvalue weighted by Gasteiger charge is 2.28. The average molecular weight is 369 g/mol. The van der Waals surface area contributed by atoms with Crippen molar-refractivity contribution in [3.63, 3.8) is 0 Å². The molecule has 0 saturated heterocycles. The number of phenols is 1. The largest absolute Gasteiger partial charge is 0.504 e. The molecule has 1 atom stereocenters. The summed E-state index contributed by atoms with van der Waals surface area (Å²) < 4.78 is 15.7. The second-order valence-electron chi connectivity index (χ2n) is 6.88. The first-order valence-corrected chi connectivity index (χ1v) is 8.08. The normalized spacial score (nSPS) is 12.3. The highest BCUT2D eigenvalue weighted by Crippen LogP contribution is 2.43. The van der Waals surface area contributed by atoms with E-state index >= 15 is 0 Å². The minimum absolute atomic E-state index is 0.167. The number of benzene rings is 1. The molecular weight excluding hydrogens is 342 g/mol. The molecule has 0 aromatic heterocycles. The van der Waals surface area contributed by atoms with Crippen LogP contribution in [-0.4, -0.2) is 48.1 Å². The van der Waals surface area contributed by atoms with Crippen molar-refractivity contribution in [3.05, 3.63) is 16.7 Å². The molecule has 1 aromatic rings. The SMILES string of the molecule is COc1c(C)c(CC(NC(=O)OC(C)(C)C)C(=O)O)c(O)c(OC)c1C. The van der Waals surface area contributed by atoms with Gasteiger partial charge in [-0.05, 0) is 40.2 Å². The first-order chi connectivity index (χ1) is 11.9. The van der Waals surface area contributed by atoms with Gasteiger partial charge in [-0.15, -0.1) is 0 Å². The van der Waals surface area contributed by atoms with Crippen LogP contribution in [-0.2, 0) is 16.0 Å². The van der Waals surface area contributed by atoms with E-state index in [0.29, 0.717) is 22.4 Å². The molecule has 1 aromatic carbocycles. The van der Waals surface area contributed by atoms with E-state index in [1.807, 2.05) is 0 Å². The molecule has 0 aliphatic heterocycles. The summed E-state index contributed by atoms with van der Waals surface area (Å²) >= 11 is 0. The van der Waals surface area contributed by atoms with Crippen molar-refractivity contribution in [2.75, 3.05) is 14.2 Å². The zero-order chi connectivity index (χ0) is 20.2. The van der Waals surface area contributed by atoms with Crippen LogP contribution in [0.2, 0.25) is 0 Å². The Bertz CT molecular complexity index is 661. The number of hydrogen-bond acceptors (Lipinski definition) is 6. The number of alkyl carbamates (subject to hydrolysis) is 1. The van der Waals surface area contributed by atoms with Crippen LogP contribution in [0.15, 0.2) is 0 Å². The maximum Gasteiger partial charge on any atom is 0.408 e. The van der Waals surface area contributed by atoms with E-state index < -0.39 is 23.7 Å². The summed E-state index contributed by atoms with van der Waals surface area (Å²) in [6, 6.07) is -1.30. The van der Waals surface area contributed by atoms with Gasteiger partial charge < -0.3 is 29.7 Å². The zero-order valence-corrected chi connectivity index (χ0v) is 16.2. The van der Waals surface area contributed by atoms with Crippen LogP contribution < -0.4 is 14.8 Å². The molecule has 1 unspecified atom stereocenters. The molecule has 0 heterocycles. The van der Waals surface area contributed by atoms with E-state index in [1.165, 1.54) is 14.2 Å². The molecule has 8 nitrogen and oxygen atoms in total. The quantitative estimate of drug-likeness (QED) is 0.706. The van der Waals surface area contributed by atoms with E-state index in [-0.39, 0.29) is 17.9 Å². The minimum atomic E-state index is -1.30. The maximum atomic E-state index is 11.9. The van der Waals surface area contributed by atoms with Crippen LogP contribution in [0.25, 0.3) is 0 Å². The number of hydrogen-bond donors (Lipinski definition) is 3. The lowest BCUT2D eigenvalue weighted by atomic mass is 9.95. The predicted octanol–water partition coefficient (Wildman–Crippen LogP) is 2.55. The van der Waals surface area contributed by atoms with Gasteiger partial charge in [0.15, 0.2) is 11.5 Å². The molecule has 0 aliphatic carbocycles. The lowest BCUT2D eigenvalue weighted by Gasteiger charge is -2.23. The third-order valence-corrected chi connectivity index (χ3v) is 3.78. The fourth-order valence-electron chi connectivity index (χ4n) is 2.67. The Balaban J connectivity index is 3.24. The lowest BCUT2D eigenvalue weighted by Crippen LogP contribution is -2.44. The number of aliphatic carboxylic acids is 1. The third-order valence-electron chi connectivity index (χ3n) is 3.78. The zero-order valence-electron chi connectivity index (χ0n) is 16.2. The van der Waals surface area contributed by atoms with Crippen LogP contribution in [0, 0.1) is 13.8 Å². The molecule has 0 aliphatic rings. The summed E-state index contributed by atoms with van der Waals surface area (Å²) in [5, 5.41) is 22.3. The first kappa shape index (κ1) is 21.4. The van der Waals surface area contributed by atoms with Crippen LogP contribution in [0.4, 0.5) is 4.79 Å². The van der Waals surface area contributed by atoms with Gasteiger partial charge in [0, 0.05) is 17.5 Å². The summed E-state index contributed by atoms with van der Waals surface area (Å²) in [7, 11) is 2.87. The van der Waals surface area contributed by atoms with Crippen molar-refractivity contribution in [2.45, 2.75) is 52.7 Å². The van der Waals surface area contributed by atoms with Crippen molar-refractivity contribution in [1.82, 2.24) is 5.32 Å².